The first-order chi connectivity index (χ1) is 8.16. The highest BCUT2D eigenvalue weighted by atomic mass is 32.2. The Labute approximate surface area is 109 Å². The second-order valence-corrected chi connectivity index (χ2v) is 6.13. The topological polar surface area (TPSA) is 29.3 Å². The molecule has 0 aromatic heterocycles. The van der Waals surface area contributed by atoms with Crippen molar-refractivity contribution in [1.29, 1.82) is 0 Å². The Morgan fingerprint density at radius 1 is 1.53 bits per heavy atom. The van der Waals surface area contributed by atoms with Crippen molar-refractivity contribution >= 4 is 11.8 Å². The molecule has 2 unspecified atom stereocenters. The monoisotopic (exact) mass is 250 g/mol. The van der Waals surface area contributed by atoms with Crippen molar-refractivity contribution in [2.45, 2.75) is 25.4 Å². The van der Waals surface area contributed by atoms with E-state index < -0.39 is 0 Å². The largest absolute Gasteiger partial charge is 0.326 e. The highest BCUT2D eigenvalue weighted by Crippen LogP contribution is 2.18. The molecule has 2 rings (SSSR count). The number of nitrogens with two attached hydrogens (primary N) is 1. The third kappa shape index (κ3) is 3.47. The van der Waals surface area contributed by atoms with Crippen LogP contribution in [0.1, 0.15) is 11.1 Å². The number of benzene rings is 1. The summed E-state index contributed by atoms with van der Waals surface area (Å²) >= 11 is 2.03. The predicted octanol–water partition coefficient (Wildman–Crippen LogP) is 1.91. The summed E-state index contributed by atoms with van der Waals surface area (Å²) in [5.74, 6) is 2.41. The summed E-state index contributed by atoms with van der Waals surface area (Å²) in [7, 11) is 2.19. The molecule has 1 heterocycles. The minimum atomic E-state index is 0.245. The van der Waals surface area contributed by atoms with Crippen LogP contribution in [0.25, 0.3) is 0 Å². The van der Waals surface area contributed by atoms with E-state index in [0.717, 1.165) is 13.0 Å². The Kier molecular flexibility index (Phi) is 4.48. The molecule has 3 heteroatoms. The molecule has 1 aromatic rings. The lowest BCUT2D eigenvalue weighted by Crippen LogP contribution is -2.51. The van der Waals surface area contributed by atoms with Crippen LogP contribution < -0.4 is 5.73 Å². The van der Waals surface area contributed by atoms with Gasteiger partial charge in [-0.15, -0.1) is 0 Å². The van der Waals surface area contributed by atoms with Gasteiger partial charge in [0.25, 0.3) is 0 Å². The third-order valence-electron chi connectivity index (χ3n) is 3.49. The van der Waals surface area contributed by atoms with Crippen molar-refractivity contribution < 1.29 is 0 Å². The highest BCUT2D eigenvalue weighted by molar-refractivity contribution is 7.99. The van der Waals surface area contributed by atoms with Crippen molar-refractivity contribution in [3.63, 3.8) is 0 Å². The van der Waals surface area contributed by atoms with Crippen LogP contribution in [0.4, 0.5) is 0 Å². The quantitative estimate of drug-likeness (QED) is 0.888. The molecule has 2 N–H and O–H groups in total. The first kappa shape index (κ1) is 12.9. The van der Waals surface area contributed by atoms with E-state index in [1.54, 1.807) is 0 Å². The third-order valence-corrected chi connectivity index (χ3v) is 4.54. The number of hydrogen-bond donors (Lipinski definition) is 1. The van der Waals surface area contributed by atoms with Gasteiger partial charge in [0.1, 0.15) is 0 Å². The van der Waals surface area contributed by atoms with Crippen LogP contribution in [0.5, 0.6) is 0 Å². The van der Waals surface area contributed by atoms with Crippen LogP contribution in [-0.2, 0) is 6.42 Å². The number of rotatable bonds is 3. The van der Waals surface area contributed by atoms with Gasteiger partial charge in [-0.1, -0.05) is 29.8 Å². The number of hydrogen-bond acceptors (Lipinski definition) is 3. The maximum Gasteiger partial charge on any atom is 0.0338 e. The molecule has 0 bridgehead atoms. The maximum atomic E-state index is 6.37. The van der Waals surface area contributed by atoms with E-state index in [1.165, 1.54) is 22.6 Å². The number of likely N-dealkylation sites (N-methyl/N-ethyl adjacent to an activating group) is 1. The van der Waals surface area contributed by atoms with Crippen molar-refractivity contribution in [2.24, 2.45) is 5.73 Å². The van der Waals surface area contributed by atoms with Gasteiger partial charge in [-0.05, 0) is 26.0 Å². The van der Waals surface area contributed by atoms with Gasteiger partial charge in [0.15, 0.2) is 0 Å². The Hall–Kier alpha value is -0.510. The van der Waals surface area contributed by atoms with Crippen LogP contribution >= 0.6 is 11.8 Å². The Morgan fingerprint density at radius 3 is 3.06 bits per heavy atom. The van der Waals surface area contributed by atoms with Crippen molar-refractivity contribution in [3.05, 3.63) is 35.4 Å². The lowest BCUT2D eigenvalue weighted by molar-refractivity contribution is 0.235. The first-order valence-corrected chi connectivity index (χ1v) is 7.41. The summed E-state index contributed by atoms with van der Waals surface area (Å²) in [6, 6.07) is 9.45. The molecule has 1 saturated heterocycles. The smallest absolute Gasteiger partial charge is 0.0338 e. The zero-order valence-corrected chi connectivity index (χ0v) is 11.5. The maximum absolute atomic E-state index is 6.37. The summed E-state index contributed by atoms with van der Waals surface area (Å²) in [4.78, 5) is 2.41. The second-order valence-electron chi connectivity index (χ2n) is 4.98. The molecule has 2 nitrogen and oxygen atoms in total. The Balaban J connectivity index is 1.98. The average molecular weight is 250 g/mol. The van der Waals surface area contributed by atoms with Gasteiger partial charge in [-0.3, -0.25) is 0 Å². The second kappa shape index (κ2) is 5.89. The minimum absolute atomic E-state index is 0.245. The summed E-state index contributed by atoms with van der Waals surface area (Å²) < 4.78 is 0. The van der Waals surface area contributed by atoms with Gasteiger partial charge in [-0.2, -0.15) is 11.8 Å². The fourth-order valence-corrected chi connectivity index (χ4v) is 3.73. The van der Waals surface area contributed by atoms with Crippen LogP contribution in [-0.4, -0.2) is 42.1 Å². The molecule has 0 radical (unpaired) electrons. The number of nitrogens with zero attached hydrogens (tertiary/aromatic N) is 1. The van der Waals surface area contributed by atoms with Gasteiger partial charge in [0.2, 0.25) is 0 Å². The van der Waals surface area contributed by atoms with Crippen LogP contribution in [0, 0.1) is 6.92 Å². The highest BCUT2D eigenvalue weighted by Gasteiger charge is 2.25. The number of aryl methyl sites for hydroxylation is 1. The molecule has 94 valence electrons. The normalized spacial score (nSPS) is 23.6. The molecule has 0 saturated carbocycles. The van der Waals surface area contributed by atoms with Gasteiger partial charge in [0, 0.05) is 30.1 Å². The van der Waals surface area contributed by atoms with E-state index in [-0.39, 0.29) is 6.04 Å². The molecule has 1 aliphatic heterocycles. The van der Waals surface area contributed by atoms with Crippen molar-refractivity contribution in [1.82, 2.24) is 4.90 Å². The summed E-state index contributed by atoms with van der Waals surface area (Å²) in [5, 5.41) is 0. The summed E-state index contributed by atoms with van der Waals surface area (Å²) in [6.07, 6.45) is 0.983. The molecule has 17 heavy (non-hydrogen) atoms. The van der Waals surface area contributed by atoms with Crippen LogP contribution in [0.3, 0.4) is 0 Å². The fraction of sp³-hybridized carbons (Fsp3) is 0.571. The molecule has 1 fully saturated rings. The van der Waals surface area contributed by atoms with Gasteiger partial charge in [0.05, 0.1) is 0 Å². The molecule has 0 aliphatic carbocycles. The molecular formula is C14H22N2S. The fourth-order valence-electron chi connectivity index (χ4n) is 2.40. The first-order valence-electron chi connectivity index (χ1n) is 6.26. The van der Waals surface area contributed by atoms with E-state index in [4.69, 9.17) is 5.73 Å². The lowest BCUT2D eigenvalue weighted by Gasteiger charge is -2.36. The summed E-state index contributed by atoms with van der Waals surface area (Å²) in [6.45, 7) is 3.30. The SMILES string of the molecule is Cc1cccc(CC(N)C2CSCCN2C)c1. The number of thioether (sulfide) groups is 1. The van der Waals surface area contributed by atoms with Gasteiger partial charge in [-0.25, -0.2) is 0 Å². The van der Waals surface area contributed by atoms with E-state index in [0.29, 0.717) is 6.04 Å². The van der Waals surface area contributed by atoms with Crippen LogP contribution in [0.15, 0.2) is 24.3 Å². The van der Waals surface area contributed by atoms with E-state index in [1.807, 2.05) is 11.8 Å². The van der Waals surface area contributed by atoms with E-state index in [9.17, 15) is 0 Å². The average Bonchev–Trinajstić information content (AvgIpc) is 2.29. The summed E-state index contributed by atoms with van der Waals surface area (Å²) in [5.41, 5.74) is 9.05. The Bertz CT molecular complexity index is 367. The van der Waals surface area contributed by atoms with E-state index in [2.05, 4.69) is 43.1 Å². The predicted molar refractivity (Wildman–Crippen MR) is 76.6 cm³/mol. The van der Waals surface area contributed by atoms with Gasteiger partial charge < -0.3 is 10.6 Å². The van der Waals surface area contributed by atoms with Crippen LogP contribution in [0.2, 0.25) is 0 Å². The van der Waals surface area contributed by atoms with Crippen molar-refractivity contribution in [2.75, 3.05) is 25.1 Å². The molecule has 0 spiro atoms. The van der Waals surface area contributed by atoms with Crippen molar-refractivity contribution in [3.8, 4) is 0 Å². The molecule has 1 aromatic carbocycles. The molecule has 0 amide bonds. The lowest BCUT2D eigenvalue weighted by atomic mass is 9.99. The zero-order chi connectivity index (χ0) is 12.3. The zero-order valence-electron chi connectivity index (χ0n) is 10.7. The van der Waals surface area contributed by atoms with Gasteiger partial charge >= 0.3 is 0 Å². The Morgan fingerprint density at radius 2 is 2.35 bits per heavy atom. The standard InChI is InChI=1S/C14H22N2S/c1-11-4-3-5-12(8-11)9-13(15)14-10-17-7-6-16(14)2/h3-5,8,13-14H,6-7,9-10,15H2,1-2H3. The molecule has 2 atom stereocenters. The molecule has 1 aliphatic rings. The molecular weight excluding hydrogens is 228 g/mol. The van der Waals surface area contributed by atoms with E-state index >= 15 is 0 Å². The minimum Gasteiger partial charge on any atom is -0.326 e.